The minimum Gasteiger partial charge on any atom is -0.506 e. The zero-order valence-electron chi connectivity index (χ0n) is 11.6. The first-order chi connectivity index (χ1) is 9.45. The molecule has 1 aliphatic carbocycles. The topological polar surface area (TPSA) is 3.24 Å². The van der Waals surface area contributed by atoms with Crippen LogP contribution in [0.4, 0.5) is 0 Å². The molecule has 0 radical (unpaired) electrons. The number of hydrogen-bond acceptors (Lipinski definition) is 1. The van der Waals surface area contributed by atoms with Crippen LogP contribution in [0, 0.1) is 5.82 Å². The Morgan fingerprint density at radius 2 is 1.74 bits per heavy atom. The van der Waals surface area contributed by atoms with Gasteiger partial charge in [0.25, 0.3) is 0 Å². The van der Waals surface area contributed by atoms with E-state index in [-0.39, 0.29) is 0 Å². The smallest absolute Gasteiger partial charge is 0.303 e. The third-order valence-electron chi connectivity index (χ3n) is 4.55. The molecule has 1 aliphatic heterocycles. The SMILES string of the molecule is C1=CCN([BH-](c2ccccc2)[C+]2CCCCC2)C=C1. The minimum atomic E-state index is -0.496. The first-order valence-corrected chi connectivity index (χ1v) is 7.62. The molecule has 1 heterocycles. The third kappa shape index (κ3) is 2.89. The average Bonchev–Trinajstić information content (AvgIpc) is 2.51. The Labute approximate surface area is 117 Å². The molecule has 2 aliphatic rings. The summed E-state index contributed by atoms with van der Waals surface area (Å²) in [5.41, 5.74) is 1.53. The standard InChI is InChI=1S/C17H22BN/c1-4-10-16(11-5-1)18(17-12-6-2-7-13-17)19-14-8-3-9-15-19/h1,3-5,8-11,14,18H,2,6-7,12-13,15H2. The highest BCUT2D eigenvalue weighted by molar-refractivity contribution is 6.76. The summed E-state index contributed by atoms with van der Waals surface area (Å²) in [6.07, 6.45) is 15.8. The third-order valence-corrected chi connectivity index (χ3v) is 4.55. The molecule has 1 unspecified atom stereocenters. The van der Waals surface area contributed by atoms with E-state index in [1.54, 1.807) is 5.82 Å². The van der Waals surface area contributed by atoms with Crippen molar-refractivity contribution in [3.05, 3.63) is 60.6 Å². The van der Waals surface area contributed by atoms with Crippen molar-refractivity contribution in [1.29, 1.82) is 0 Å². The van der Waals surface area contributed by atoms with E-state index in [4.69, 9.17) is 0 Å². The van der Waals surface area contributed by atoms with Crippen LogP contribution in [0.1, 0.15) is 32.1 Å². The van der Waals surface area contributed by atoms with E-state index >= 15 is 0 Å². The van der Waals surface area contributed by atoms with Crippen molar-refractivity contribution < 1.29 is 0 Å². The lowest BCUT2D eigenvalue weighted by Gasteiger charge is -2.38. The molecule has 1 atom stereocenters. The van der Waals surface area contributed by atoms with Crippen LogP contribution >= 0.6 is 0 Å². The maximum Gasteiger partial charge on any atom is 0.303 e. The zero-order chi connectivity index (χ0) is 12.9. The second kappa shape index (κ2) is 6.05. The van der Waals surface area contributed by atoms with Gasteiger partial charge in [-0.15, -0.1) is 5.46 Å². The van der Waals surface area contributed by atoms with Gasteiger partial charge in [-0.25, -0.2) is 0 Å². The highest BCUT2D eigenvalue weighted by Crippen LogP contribution is 2.29. The van der Waals surface area contributed by atoms with Gasteiger partial charge in [0.05, 0.1) is 0 Å². The molecule has 1 aromatic carbocycles. The molecule has 0 spiro atoms. The summed E-state index contributed by atoms with van der Waals surface area (Å²) in [6.45, 7) is 0.569. The van der Waals surface area contributed by atoms with Crippen LogP contribution in [-0.2, 0) is 0 Å². The molecule has 2 heteroatoms. The Hall–Kier alpha value is -1.57. The van der Waals surface area contributed by atoms with Gasteiger partial charge in [0.15, 0.2) is 0 Å². The normalized spacial score (nSPS) is 20.6. The van der Waals surface area contributed by atoms with Gasteiger partial charge in [-0.3, -0.25) is 0 Å². The molecule has 1 nitrogen and oxygen atoms in total. The largest absolute Gasteiger partial charge is 0.506 e. The Balaban J connectivity index is 1.86. The predicted molar refractivity (Wildman–Crippen MR) is 84.5 cm³/mol. The lowest BCUT2D eigenvalue weighted by molar-refractivity contribution is 0.547. The van der Waals surface area contributed by atoms with Crippen LogP contribution in [-0.4, -0.2) is 18.2 Å². The van der Waals surface area contributed by atoms with Crippen LogP contribution in [0.25, 0.3) is 0 Å². The van der Waals surface area contributed by atoms with E-state index in [0.717, 1.165) is 6.54 Å². The molecule has 0 aromatic heterocycles. The summed E-state index contributed by atoms with van der Waals surface area (Å²) in [7, 11) is 0. The molecular formula is C17H22BN. The molecular weight excluding hydrogens is 229 g/mol. The Morgan fingerprint density at radius 1 is 0.947 bits per heavy atom. The van der Waals surface area contributed by atoms with Gasteiger partial charge in [-0.05, 0) is 25.5 Å². The van der Waals surface area contributed by atoms with Crippen LogP contribution < -0.4 is 5.46 Å². The van der Waals surface area contributed by atoms with Crippen LogP contribution in [0.2, 0.25) is 0 Å². The Bertz CT molecular complexity index is 446. The van der Waals surface area contributed by atoms with Crippen LogP contribution in [0.15, 0.2) is 54.8 Å². The number of benzene rings is 1. The number of hydrogen-bond donors (Lipinski definition) is 0. The highest BCUT2D eigenvalue weighted by atomic mass is 15.0. The second-order valence-electron chi connectivity index (χ2n) is 5.83. The van der Waals surface area contributed by atoms with E-state index in [0.29, 0.717) is 0 Å². The molecule has 3 rings (SSSR count). The predicted octanol–water partition coefficient (Wildman–Crippen LogP) is 3.08. The monoisotopic (exact) mass is 251 g/mol. The second-order valence-corrected chi connectivity index (χ2v) is 5.83. The number of rotatable bonds is 3. The van der Waals surface area contributed by atoms with E-state index in [1.165, 1.54) is 37.6 Å². The first kappa shape index (κ1) is 12.5. The lowest BCUT2D eigenvalue weighted by Crippen LogP contribution is -2.51. The van der Waals surface area contributed by atoms with Crippen molar-refractivity contribution in [2.45, 2.75) is 32.1 Å². The van der Waals surface area contributed by atoms with Gasteiger partial charge < -0.3 is 4.81 Å². The van der Waals surface area contributed by atoms with Gasteiger partial charge >= 0.3 is 6.85 Å². The van der Waals surface area contributed by atoms with E-state index in [2.05, 4.69) is 59.6 Å². The van der Waals surface area contributed by atoms with E-state index < -0.39 is 6.85 Å². The minimum absolute atomic E-state index is 0.496. The maximum atomic E-state index is 2.57. The number of allylic oxidation sites excluding steroid dienone is 2. The summed E-state index contributed by atoms with van der Waals surface area (Å²) < 4.78 is 0. The Kier molecular flexibility index (Phi) is 3.97. The van der Waals surface area contributed by atoms with Crippen molar-refractivity contribution >= 4 is 12.3 Å². The van der Waals surface area contributed by atoms with Crippen molar-refractivity contribution in [3.63, 3.8) is 0 Å². The molecule has 1 saturated carbocycles. The molecule has 1 fully saturated rings. The van der Waals surface area contributed by atoms with Gasteiger partial charge in [-0.1, -0.05) is 54.4 Å². The summed E-state index contributed by atoms with van der Waals surface area (Å²) in [5, 5.41) is 0. The summed E-state index contributed by atoms with van der Waals surface area (Å²) in [5.74, 6) is 1.80. The molecule has 19 heavy (non-hydrogen) atoms. The van der Waals surface area contributed by atoms with Crippen LogP contribution in [0.5, 0.6) is 0 Å². The van der Waals surface area contributed by atoms with E-state index in [1.807, 2.05) is 0 Å². The fraction of sp³-hybridized carbons (Fsp3) is 0.353. The summed E-state index contributed by atoms with van der Waals surface area (Å²) in [6, 6.07) is 11.1. The molecule has 0 bridgehead atoms. The van der Waals surface area contributed by atoms with Crippen molar-refractivity contribution in [1.82, 2.24) is 4.81 Å². The summed E-state index contributed by atoms with van der Waals surface area (Å²) in [4.78, 5) is 2.57. The summed E-state index contributed by atoms with van der Waals surface area (Å²) >= 11 is 0. The molecule has 1 aromatic rings. The van der Waals surface area contributed by atoms with Crippen molar-refractivity contribution in [2.24, 2.45) is 0 Å². The first-order valence-electron chi connectivity index (χ1n) is 7.62. The lowest BCUT2D eigenvalue weighted by atomic mass is 9.42. The van der Waals surface area contributed by atoms with Crippen molar-refractivity contribution in [2.75, 3.05) is 6.54 Å². The molecule has 0 saturated heterocycles. The fourth-order valence-corrected chi connectivity index (χ4v) is 3.64. The molecule has 0 amide bonds. The average molecular weight is 251 g/mol. The maximum absolute atomic E-state index is 2.57. The van der Waals surface area contributed by atoms with Gasteiger partial charge in [0.2, 0.25) is 0 Å². The van der Waals surface area contributed by atoms with E-state index in [9.17, 15) is 0 Å². The zero-order valence-corrected chi connectivity index (χ0v) is 11.6. The van der Waals surface area contributed by atoms with Gasteiger partial charge in [0, 0.05) is 19.4 Å². The number of nitrogens with zero attached hydrogens (tertiary/aromatic N) is 1. The fourth-order valence-electron chi connectivity index (χ4n) is 3.64. The van der Waals surface area contributed by atoms with Crippen molar-refractivity contribution in [3.8, 4) is 0 Å². The van der Waals surface area contributed by atoms with Crippen LogP contribution in [0.3, 0.4) is 0 Å². The van der Waals surface area contributed by atoms with Gasteiger partial charge in [0.1, 0.15) is 0 Å². The quantitative estimate of drug-likeness (QED) is 0.589. The molecule has 0 N–H and O–H groups in total. The highest BCUT2D eigenvalue weighted by Gasteiger charge is 2.32. The molecule has 98 valence electrons. The Morgan fingerprint density at radius 3 is 2.42 bits per heavy atom. The van der Waals surface area contributed by atoms with Gasteiger partial charge in [-0.2, -0.15) is 0 Å².